The molecule has 1 aromatic rings. The summed E-state index contributed by atoms with van der Waals surface area (Å²) in [5.41, 5.74) is 2.21. The first-order valence-corrected chi connectivity index (χ1v) is 3.78. The normalized spacial score (nSPS) is 10.4. The van der Waals surface area contributed by atoms with Crippen LogP contribution in [0.1, 0.15) is 5.76 Å². The van der Waals surface area contributed by atoms with Crippen molar-refractivity contribution in [3.8, 4) is 0 Å². The summed E-state index contributed by atoms with van der Waals surface area (Å²) in [6.45, 7) is 0. The Morgan fingerprint density at radius 1 is 1.83 bits per heavy atom. The Kier molecular flexibility index (Phi) is 3.35. The molecule has 1 N–H and O–H groups in total. The molecule has 0 aliphatic heterocycles. The zero-order valence-electron chi connectivity index (χ0n) is 6.16. The average molecular weight is 187 g/mol. The van der Waals surface area contributed by atoms with Crippen molar-refractivity contribution < 1.29 is 9.21 Å². The largest absolute Gasteiger partial charge is 0.463 e. The zero-order chi connectivity index (χ0) is 8.81. The van der Waals surface area contributed by atoms with Crippen molar-refractivity contribution >= 4 is 23.7 Å². The fourth-order valence-electron chi connectivity index (χ4n) is 0.562. The molecule has 1 amide bonds. The van der Waals surface area contributed by atoms with E-state index in [1.54, 1.807) is 12.1 Å². The molecule has 0 aliphatic carbocycles. The van der Waals surface area contributed by atoms with Crippen molar-refractivity contribution in [1.29, 1.82) is 0 Å². The van der Waals surface area contributed by atoms with Crippen LogP contribution in [0.25, 0.3) is 0 Å². The van der Waals surface area contributed by atoms with Crippen molar-refractivity contribution in [3.05, 3.63) is 24.2 Å². The van der Waals surface area contributed by atoms with Gasteiger partial charge >= 0.3 is 0 Å². The molecule has 1 aromatic heterocycles. The molecule has 12 heavy (non-hydrogen) atoms. The Bertz CT molecular complexity index is 269. The first kappa shape index (κ1) is 8.80. The lowest BCUT2D eigenvalue weighted by Crippen LogP contribution is -2.18. The van der Waals surface area contributed by atoms with Crippen molar-refractivity contribution in [2.24, 2.45) is 5.10 Å². The van der Waals surface area contributed by atoms with Crippen molar-refractivity contribution in [1.82, 2.24) is 5.43 Å². The molecule has 0 spiro atoms. The maximum Gasteiger partial charge on any atom is 0.254 e. The molecule has 1 heterocycles. The van der Waals surface area contributed by atoms with Crippen LogP contribution >= 0.6 is 11.6 Å². The summed E-state index contributed by atoms with van der Waals surface area (Å²) in [5.74, 6) is 0.125. The lowest BCUT2D eigenvalue weighted by Gasteiger charge is -1.90. The van der Waals surface area contributed by atoms with Gasteiger partial charge in [0.2, 0.25) is 0 Å². The van der Waals surface area contributed by atoms with E-state index in [2.05, 4.69) is 10.5 Å². The van der Waals surface area contributed by atoms with Gasteiger partial charge in [-0.25, -0.2) is 5.43 Å². The zero-order valence-corrected chi connectivity index (χ0v) is 6.91. The van der Waals surface area contributed by atoms with Crippen molar-refractivity contribution in [2.75, 3.05) is 5.88 Å². The van der Waals surface area contributed by atoms with Crippen LogP contribution in [0.3, 0.4) is 0 Å². The topological polar surface area (TPSA) is 54.6 Å². The fraction of sp³-hybridized carbons (Fsp3) is 0.143. The van der Waals surface area contributed by atoms with E-state index in [9.17, 15) is 4.79 Å². The third-order valence-electron chi connectivity index (χ3n) is 1.05. The van der Waals surface area contributed by atoms with Gasteiger partial charge in [-0.05, 0) is 12.1 Å². The quantitative estimate of drug-likeness (QED) is 0.435. The molecule has 4 nitrogen and oxygen atoms in total. The predicted octanol–water partition coefficient (Wildman–Crippen LogP) is 0.969. The van der Waals surface area contributed by atoms with Crippen molar-refractivity contribution in [2.45, 2.75) is 0 Å². The smallest absolute Gasteiger partial charge is 0.254 e. The van der Waals surface area contributed by atoms with Gasteiger partial charge in [0.1, 0.15) is 11.6 Å². The van der Waals surface area contributed by atoms with Gasteiger partial charge in [0.25, 0.3) is 5.91 Å². The molecule has 0 fully saturated rings. The summed E-state index contributed by atoms with van der Waals surface area (Å²) in [6.07, 6.45) is 2.91. The van der Waals surface area contributed by atoms with Crippen LogP contribution in [-0.2, 0) is 4.79 Å². The highest BCUT2D eigenvalue weighted by Crippen LogP contribution is 1.94. The van der Waals surface area contributed by atoms with Gasteiger partial charge in [0.15, 0.2) is 0 Å². The molecule has 0 bridgehead atoms. The number of furan rings is 1. The number of alkyl halides is 1. The maximum absolute atomic E-state index is 10.6. The first-order chi connectivity index (χ1) is 5.83. The molecule has 0 saturated heterocycles. The summed E-state index contributed by atoms with van der Waals surface area (Å²) >= 11 is 5.20. The van der Waals surface area contributed by atoms with Crippen LogP contribution in [0.15, 0.2) is 27.9 Å². The van der Waals surface area contributed by atoms with E-state index >= 15 is 0 Å². The van der Waals surface area contributed by atoms with Gasteiger partial charge in [0, 0.05) is 0 Å². The molecule has 0 aromatic carbocycles. The second kappa shape index (κ2) is 4.56. The van der Waals surface area contributed by atoms with Crippen molar-refractivity contribution in [3.63, 3.8) is 0 Å². The van der Waals surface area contributed by atoms with E-state index in [4.69, 9.17) is 16.0 Å². The lowest BCUT2D eigenvalue weighted by molar-refractivity contribution is -0.118. The molecule has 0 aliphatic rings. The van der Waals surface area contributed by atoms with Gasteiger partial charge < -0.3 is 4.42 Å². The number of carbonyl (C=O) groups is 1. The first-order valence-electron chi connectivity index (χ1n) is 3.24. The van der Waals surface area contributed by atoms with E-state index in [1.165, 1.54) is 12.5 Å². The highest BCUT2D eigenvalue weighted by atomic mass is 35.5. The highest BCUT2D eigenvalue weighted by molar-refractivity contribution is 6.27. The molecule has 64 valence electrons. The molecule has 5 heteroatoms. The molecular formula is C7H7ClN2O2. The monoisotopic (exact) mass is 186 g/mol. The van der Waals surface area contributed by atoms with Gasteiger partial charge in [-0.2, -0.15) is 5.10 Å². The highest BCUT2D eigenvalue weighted by Gasteiger charge is 1.93. The Balaban J connectivity index is 2.37. The minimum Gasteiger partial charge on any atom is -0.463 e. The van der Waals surface area contributed by atoms with Crippen LogP contribution in [-0.4, -0.2) is 18.0 Å². The SMILES string of the molecule is O=C(CCl)N/N=C/c1ccco1. The number of hydrogen-bond donors (Lipinski definition) is 1. The number of amides is 1. The van der Waals surface area contributed by atoms with Gasteiger partial charge in [0.05, 0.1) is 12.5 Å². The second-order valence-corrected chi connectivity index (χ2v) is 2.21. The molecule has 0 atom stereocenters. The number of halogens is 1. The molecule has 1 rings (SSSR count). The Morgan fingerprint density at radius 3 is 3.25 bits per heavy atom. The average Bonchev–Trinajstić information content (AvgIpc) is 2.57. The molecule has 0 radical (unpaired) electrons. The van der Waals surface area contributed by atoms with Gasteiger partial charge in [-0.15, -0.1) is 11.6 Å². The number of nitrogens with zero attached hydrogens (tertiary/aromatic N) is 1. The minimum atomic E-state index is -0.348. The minimum absolute atomic E-state index is 0.102. The molecule has 0 unspecified atom stereocenters. The van der Waals surface area contributed by atoms with Gasteiger partial charge in [-0.1, -0.05) is 0 Å². The van der Waals surface area contributed by atoms with E-state index < -0.39 is 0 Å². The molecule has 0 saturated carbocycles. The van der Waals surface area contributed by atoms with Crippen LogP contribution < -0.4 is 5.43 Å². The summed E-state index contributed by atoms with van der Waals surface area (Å²) in [5, 5.41) is 3.58. The van der Waals surface area contributed by atoms with E-state index in [0.717, 1.165) is 0 Å². The van der Waals surface area contributed by atoms with Crippen LogP contribution in [0, 0.1) is 0 Å². The summed E-state index contributed by atoms with van der Waals surface area (Å²) < 4.78 is 4.92. The van der Waals surface area contributed by atoms with E-state index in [-0.39, 0.29) is 11.8 Å². The third kappa shape index (κ3) is 2.75. The van der Waals surface area contributed by atoms with Crippen LogP contribution in [0.5, 0.6) is 0 Å². The predicted molar refractivity (Wildman–Crippen MR) is 45.2 cm³/mol. The number of rotatable bonds is 3. The Morgan fingerprint density at radius 2 is 2.67 bits per heavy atom. The Hall–Kier alpha value is -1.29. The van der Waals surface area contributed by atoms with Crippen LogP contribution in [0.4, 0.5) is 0 Å². The van der Waals surface area contributed by atoms with E-state index in [0.29, 0.717) is 5.76 Å². The lowest BCUT2D eigenvalue weighted by atomic mass is 10.5. The second-order valence-electron chi connectivity index (χ2n) is 1.94. The Labute approximate surface area is 74.2 Å². The number of nitrogens with one attached hydrogen (secondary N) is 1. The third-order valence-corrected chi connectivity index (χ3v) is 1.29. The number of hydrogen-bond acceptors (Lipinski definition) is 3. The fourth-order valence-corrected chi connectivity index (χ4v) is 0.622. The number of carbonyl (C=O) groups excluding carboxylic acids is 1. The van der Waals surface area contributed by atoms with E-state index in [1.807, 2.05) is 0 Å². The summed E-state index contributed by atoms with van der Waals surface area (Å²) in [6, 6.07) is 3.45. The number of hydrazone groups is 1. The maximum atomic E-state index is 10.6. The van der Waals surface area contributed by atoms with Gasteiger partial charge in [-0.3, -0.25) is 4.79 Å². The summed E-state index contributed by atoms with van der Waals surface area (Å²) in [7, 11) is 0. The molecular weight excluding hydrogens is 180 g/mol. The van der Waals surface area contributed by atoms with Crippen LogP contribution in [0.2, 0.25) is 0 Å². The summed E-state index contributed by atoms with van der Waals surface area (Å²) in [4.78, 5) is 10.6. The standard InChI is InChI=1S/C7H7ClN2O2/c8-4-7(11)10-9-5-6-2-1-3-12-6/h1-3,5H,4H2,(H,10,11)/b9-5+.